The van der Waals surface area contributed by atoms with Gasteiger partial charge in [0, 0.05) is 17.3 Å². The van der Waals surface area contributed by atoms with E-state index in [0.29, 0.717) is 28.4 Å². The zero-order chi connectivity index (χ0) is 23.2. The number of thioether (sulfide) groups is 1. The highest BCUT2D eigenvalue weighted by Gasteiger charge is 2.12. The summed E-state index contributed by atoms with van der Waals surface area (Å²) >= 11 is 2.82. The quantitative estimate of drug-likeness (QED) is 0.334. The van der Waals surface area contributed by atoms with Crippen molar-refractivity contribution >= 4 is 56.5 Å². The van der Waals surface area contributed by atoms with Gasteiger partial charge in [0.2, 0.25) is 5.91 Å². The molecule has 1 aromatic heterocycles. The molecule has 0 aliphatic carbocycles. The molecule has 0 radical (unpaired) electrons. The lowest BCUT2D eigenvalue weighted by Crippen LogP contribution is -2.14. The highest BCUT2D eigenvalue weighted by molar-refractivity contribution is 8.01. The summed E-state index contributed by atoms with van der Waals surface area (Å²) in [7, 11) is 3.11. The normalized spacial score (nSPS) is 10.6. The molecule has 4 aromatic rings. The zero-order valence-electron chi connectivity index (χ0n) is 18.0. The van der Waals surface area contributed by atoms with Crippen molar-refractivity contribution in [1.29, 1.82) is 0 Å². The van der Waals surface area contributed by atoms with Crippen molar-refractivity contribution in [2.75, 3.05) is 30.6 Å². The van der Waals surface area contributed by atoms with Crippen molar-refractivity contribution in [2.45, 2.75) is 4.34 Å². The lowest BCUT2D eigenvalue weighted by atomic mass is 10.2. The summed E-state index contributed by atoms with van der Waals surface area (Å²) in [5.41, 5.74) is 2.65. The van der Waals surface area contributed by atoms with E-state index in [-0.39, 0.29) is 17.6 Å². The number of benzene rings is 3. The van der Waals surface area contributed by atoms with Crippen LogP contribution in [0.2, 0.25) is 0 Å². The predicted molar refractivity (Wildman–Crippen MR) is 133 cm³/mol. The van der Waals surface area contributed by atoms with Gasteiger partial charge in [0.25, 0.3) is 5.91 Å². The largest absolute Gasteiger partial charge is 0.497 e. The van der Waals surface area contributed by atoms with E-state index in [0.717, 1.165) is 14.6 Å². The van der Waals surface area contributed by atoms with Crippen LogP contribution in [-0.2, 0) is 4.79 Å². The van der Waals surface area contributed by atoms with Crippen molar-refractivity contribution in [3.63, 3.8) is 0 Å². The first-order chi connectivity index (χ1) is 16.1. The zero-order valence-corrected chi connectivity index (χ0v) is 19.6. The fourth-order valence-corrected chi connectivity index (χ4v) is 4.97. The molecular formula is C24H21N3O4S2. The second-order valence-corrected chi connectivity index (χ2v) is 9.14. The van der Waals surface area contributed by atoms with Gasteiger partial charge in [-0.05, 0) is 42.5 Å². The van der Waals surface area contributed by atoms with Crippen LogP contribution in [0.3, 0.4) is 0 Å². The summed E-state index contributed by atoms with van der Waals surface area (Å²) in [6.45, 7) is 0. The van der Waals surface area contributed by atoms with E-state index in [4.69, 9.17) is 9.47 Å². The third-order valence-corrected chi connectivity index (χ3v) is 6.83. The summed E-state index contributed by atoms with van der Waals surface area (Å²) < 4.78 is 12.2. The molecule has 0 saturated carbocycles. The van der Waals surface area contributed by atoms with E-state index in [2.05, 4.69) is 15.6 Å². The molecule has 2 N–H and O–H groups in total. The van der Waals surface area contributed by atoms with Gasteiger partial charge in [0.05, 0.1) is 35.9 Å². The van der Waals surface area contributed by atoms with Crippen LogP contribution in [0.5, 0.6) is 11.5 Å². The van der Waals surface area contributed by atoms with Gasteiger partial charge in [-0.15, -0.1) is 11.3 Å². The van der Waals surface area contributed by atoms with E-state index in [9.17, 15) is 9.59 Å². The van der Waals surface area contributed by atoms with Crippen LogP contribution in [-0.4, -0.2) is 36.8 Å². The average Bonchev–Trinajstić information content (AvgIpc) is 3.25. The van der Waals surface area contributed by atoms with Crippen LogP contribution >= 0.6 is 23.1 Å². The fourth-order valence-electron chi connectivity index (χ4n) is 3.06. The molecule has 0 aliphatic rings. The van der Waals surface area contributed by atoms with E-state index in [1.807, 2.05) is 36.4 Å². The third kappa shape index (κ3) is 5.63. The minimum absolute atomic E-state index is 0.168. The van der Waals surface area contributed by atoms with Gasteiger partial charge in [-0.2, -0.15) is 0 Å². The van der Waals surface area contributed by atoms with Gasteiger partial charge in [-0.3, -0.25) is 9.59 Å². The van der Waals surface area contributed by atoms with Gasteiger partial charge in [-0.1, -0.05) is 30.0 Å². The summed E-state index contributed by atoms with van der Waals surface area (Å²) in [6, 6.07) is 19.8. The van der Waals surface area contributed by atoms with Crippen molar-refractivity contribution in [3.8, 4) is 11.5 Å². The second kappa shape index (κ2) is 10.4. The Morgan fingerprint density at radius 1 is 0.970 bits per heavy atom. The van der Waals surface area contributed by atoms with Gasteiger partial charge in [0.1, 0.15) is 11.5 Å². The molecule has 0 atom stereocenters. The molecule has 9 heteroatoms. The van der Waals surface area contributed by atoms with Crippen LogP contribution in [0, 0.1) is 0 Å². The SMILES string of the molecule is COc1ccc(OC)c(NC(=O)CSc2nc3ccc(NC(=O)c4ccccc4)cc3s2)c1. The molecule has 0 saturated heterocycles. The maximum atomic E-state index is 12.5. The van der Waals surface area contributed by atoms with Crippen LogP contribution < -0.4 is 20.1 Å². The number of fused-ring (bicyclic) bond motifs is 1. The molecule has 3 aromatic carbocycles. The number of anilines is 2. The number of thiazole rings is 1. The van der Waals surface area contributed by atoms with E-state index in [1.54, 1.807) is 44.6 Å². The fraction of sp³-hybridized carbons (Fsp3) is 0.125. The molecule has 0 unspecified atom stereocenters. The van der Waals surface area contributed by atoms with Crippen molar-refractivity contribution in [2.24, 2.45) is 0 Å². The molecular weight excluding hydrogens is 458 g/mol. The van der Waals surface area contributed by atoms with Crippen molar-refractivity contribution in [1.82, 2.24) is 4.98 Å². The van der Waals surface area contributed by atoms with E-state index < -0.39 is 0 Å². The molecule has 1 heterocycles. The number of ether oxygens (including phenoxy) is 2. The number of nitrogens with zero attached hydrogens (tertiary/aromatic N) is 1. The Kier molecular flexibility index (Phi) is 7.11. The molecule has 0 bridgehead atoms. The van der Waals surface area contributed by atoms with Crippen LogP contribution in [0.25, 0.3) is 10.2 Å². The number of amides is 2. The maximum absolute atomic E-state index is 12.5. The number of methoxy groups -OCH3 is 2. The molecule has 33 heavy (non-hydrogen) atoms. The summed E-state index contributed by atoms with van der Waals surface area (Å²) in [4.78, 5) is 29.4. The Balaban J connectivity index is 1.39. The van der Waals surface area contributed by atoms with Gasteiger partial charge < -0.3 is 20.1 Å². The lowest BCUT2D eigenvalue weighted by molar-refractivity contribution is -0.113. The Morgan fingerprint density at radius 2 is 1.79 bits per heavy atom. The van der Waals surface area contributed by atoms with Gasteiger partial charge >= 0.3 is 0 Å². The van der Waals surface area contributed by atoms with Gasteiger partial charge in [0.15, 0.2) is 4.34 Å². The Hall–Kier alpha value is -3.56. The molecule has 7 nitrogen and oxygen atoms in total. The number of nitrogens with one attached hydrogen (secondary N) is 2. The first kappa shape index (κ1) is 22.6. The summed E-state index contributed by atoms with van der Waals surface area (Å²) in [5, 5.41) is 5.76. The average molecular weight is 480 g/mol. The van der Waals surface area contributed by atoms with Crippen molar-refractivity contribution in [3.05, 3.63) is 72.3 Å². The Morgan fingerprint density at radius 3 is 2.55 bits per heavy atom. The van der Waals surface area contributed by atoms with Crippen LogP contribution in [0.15, 0.2) is 71.1 Å². The van der Waals surface area contributed by atoms with Gasteiger partial charge in [-0.25, -0.2) is 4.98 Å². The number of carbonyl (C=O) groups is 2. The minimum atomic E-state index is -0.179. The number of rotatable bonds is 8. The first-order valence-electron chi connectivity index (χ1n) is 9.97. The summed E-state index contributed by atoms with van der Waals surface area (Å²) in [6.07, 6.45) is 0. The maximum Gasteiger partial charge on any atom is 0.255 e. The predicted octanol–water partition coefficient (Wildman–Crippen LogP) is 5.30. The Labute approximate surface area is 199 Å². The third-order valence-electron chi connectivity index (χ3n) is 4.67. The molecule has 0 aliphatic heterocycles. The van der Waals surface area contributed by atoms with Crippen LogP contribution in [0.4, 0.5) is 11.4 Å². The Bertz CT molecular complexity index is 1290. The van der Waals surface area contributed by atoms with E-state index >= 15 is 0 Å². The highest BCUT2D eigenvalue weighted by Crippen LogP contribution is 2.32. The molecule has 0 fully saturated rings. The number of hydrogen-bond acceptors (Lipinski definition) is 7. The highest BCUT2D eigenvalue weighted by atomic mass is 32.2. The van der Waals surface area contributed by atoms with Crippen molar-refractivity contribution < 1.29 is 19.1 Å². The topological polar surface area (TPSA) is 89.6 Å². The number of carbonyl (C=O) groups excluding carboxylic acids is 2. The monoisotopic (exact) mass is 479 g/mol. The lowest BCUT2D eigenvalue weighted by Gasteiger charge is -2.11. The minimum Gasteiger partial charge on any atom is -0.497 e. The standard InChI is InChI=1S/C24H21N3O4S2/c1-30-17-9-11-20(31-2)19(13-17)26-22(28)14-32-24-27-18-10-8-16(12-21(18)33-24)25-23(29)15-6-4-3-5-7-15/h3-13H,14H2,1-2H3,(H,25,29)(H,26,28). The second-order valence-electron chi connectivity index (χ2n) is 6.89. The summed E-state index contributed by atoms with van der Waals surface area (Å²) in [5.74, 6) is 1.03. The molecule has 168 valence electrons. The number of hydrogen-bond donors (Lipinski definition) is 2. The molecule has 2 amide bonds. The van der Waals surface area contributed by atoms with E-state index in [1.165, 1.54) is 23.1 Å². The number of aromatic nitrogens is 1. The smallest absolute Gasteiger partial charge is 0.255 e. The molecule has 0 spiro atoms. The molecule has 4 rings (SSSR count). The van der Waals surface area contributed by atoms with Crippen LogP contribution in [0.1, 0.15) is 10.4 Å². The first-order valence-corrected chi connectivity index (χ1v) is 11.8.